The van der Waals surface area contributed by atoms with Gasteiger partial charge in [0.1, 0.15) is 0 Å². The van der Waals surface area contributed by atoms with Crippen LogP contribution in [0.25, 0.3) is 0 Å². The van der Waals surface area contributed by atoms with E-state index in [4.69, 9.17) is 22.2 Å². The Labute approximate surface area is 228 Å². The molecule has 0 aromatic heterocycles. The maximum Gasteiger partial charge on any atom is 0.153 e. The van der Waals surface area contributed by atoms with Crippen LogP contribution in [0.4, 0.5) is 0 Å². The zero-order chi connectivity index (χ0) is 25.4. The van der Waals surface area contributed by atoms with Crippen molar-refractivity contribution >= 4 is 36.9 Å². The van der Waals surface area contributed by atoms with E-state index in [-0.39, 0.29) is 0 Å². The van der Waals surface area contributed by atoms with Crippen LogP contribution in [0, 0.1) is 0 Å². The highest BCUT2D eigenvalue weighted by Crippen LogP contribution is 2.33. The summed E-state index contributed by atoms with van der Waals surface area (Å²) in [5.41, 5.74) is 0. The van der Waals surface area contributed by atoms with Gasteiger partial charge in [0.15, 0.2) is 14.8 Å². The Kier molecular flexibility index (Phi) is 25.1. The minimum absolute atomic E-state index is 1.24. The van der Waals surface area contributed by atoms with Crippen LogP contribution in [-0.4, -0.2) is 14.8 Å². The number of rotatable bonds is 27. The molecule has 0 bridgehead atoms. The molecule has 0 amide bonds. The minimum Gasteiger partial charge on any atom is -0.167 e. The van der Waals surface area contributed by atoms with Crippen molar-refractivity contribution in [2.45, 2.75) is 192 Å². The molecule has 0 saturated heterocycles. The van der Waals surface area contributed by atoms with Crippen LogP contribution < -0.4 is 0 Å². The van der Waals surface area contributed by atoms with Gasteiger partial charge in [0.25, 0.3) is 0 Å². The van der Waals surface area contributed by atoms with E-state index in [0.29, 0.717) is 0 Å². The van der Waals surface area contributed by atoms with Gasteiger partial charge < -0.3 is 0 Å². The molecule has 0 aromatic rings. The summed E-state index contributed by atoms with van der Waals surface area (Å²) in [7, 11) is -3.11. The third-order valence-corrected chi connectivity index (χ3v) is 15.9. The van der Waals surface area contributed by atoms with Crippen LogP contribution in [0.3, 0.4) is 0 Å². The van der Waals surface area contributed by atoms with Gasteiger partial charge in [0.05, 0.1) is 0 Å². The average Bonchev–Trinajstić information content (AvgIpc) is 2.80. The van der Waals surface area contributed by atoms with E-state index in [0.717, 1.165) is 0 Å². The van der Waals surface area contributed by atoms with Gasteiger partial charge in [0, 0.05) is 0 Å². The van der Waals surface area contributed by atoms with Crippen molar-refractivity contribution in [1.82, 2.24) is 0 Å². The maximum atomic E-state index is 7.03. The zero-order valence-electron chi connectivity index (χ0n) is 24.1. The van der Waals surface area contributed by atoms with E-state index in [1.165, 1.54) is 165 Å². The summed E-state index contributed by atoms with van der Waals surface area (Å²) in [6, 6.07) is 5.08. The fourth-order valence-corrected chi connectivity index (χ4v) is 14.2. The lowest BCUT2D eigenvalue weighted by atomic mass is 10.0. The van der Waals surface area contributed by atoms with Crippen molar-refractivity contribution in [3.63, 3.8) is 0 Å². The molecule has 0 aliphatic carbocycles. The Hall–Kier alpha value is 1.01. The first-order valence-corrected chi connectivity index (χ1v) is 23.6. The molecule has 0 nitrogen and oxygen atoms in total. The molecule has 0 aliphatic heterocycles. The second-order valence-corrected chi connectivity index (χ2v) is 25.0. The maximum absolute atomic E-state index is 7.03. The van der Waals surface area contributed by atoms with E-state index >= 15 is 0 Å². The van der Waals surface area contributed by atoms with Gasteiger partial charge >= 0.3 is 0 Å². The third-order valence-electron chi connectivity index (χ3n) is 7.77. The Balaban J connectivity index is 3.51. The summed E-state index contributed by atoms with van der Waals surface area (Å²) in [6.45, 7) is 9.37. The van der Waals surface area contributed by atoms with Gasteiger partial charge in [-0.3, -0.25) is 0 Å². The fourth-order valence-electron chi connectivity index (χ4n) is 5.09. The van der Waals surface area contributed by atoms with E-state index in [9.17, 15) is 0 Å². The minimum atomic E-state index is -1.56. The zero-order valence-corrected chi connectivity index (χ0v) is 27.7. The Morgan fingerprint density at radius 3 is 0.765 bits per heavy atom. The Morgan fingerprint density at radius 2 is 0.529 bits per heavy atom. The predicted molar refractivity (Wildman–Crippen MR) is 167 cm³/mol. The van der Waals surface area contributed by atoms with Crippen LogP contribution in [-0.2, 0) is 0 Å². The average molecular weight is 552 g/mol. The second-order valence-electron chi connectivity index (χ2n) is 11.9. The normalized spacial score (nSPS) is 15.4. The van der Waals surface area contributed by atoms with Crippen molar-refractivity contribution < 1.29 is 0 Å². The molecular weight excluding hydrogens is 487 g/mol. The van der Waals surface area contributed by atoms with Crippen LogP contribution in [0.15, 0.2) is 0 Å². The van der Waals surface area contributed by atoms with Crippen LogP contribution in [0.5, 0.6) is 0 Å². The lowest BCUT2D eigenvalue weighted by molar-refractivity contribution is 0.531. The molecular formula is C30H64Cl2Si2. The van der Waals surface area contributed by atoms with E-state index in [1.54, 1.807) is 0 Å². The smallest absolute Gasteiger partial charge is 0.153 e. The summed E-state index contributed by atoms with van der Waals surface area (Å²) < 4.78 is 0. The van der Waals surface area contributed by atoms with E-state index in [1.807, 2.05) is 0 Å². The molecule has 2 unspecified atom stereocenters. The van der Waals surface area contributed by atoms with Crippen molar-refractivity contribution in [1.29, 1.82) is 0 Å². The number of halogens is 2. The molecule has 0 N–H and O–H groups in total. The van der Waals surface area contributed by atoms with Crippen molar-refractivity contribution in [3.8, 4) is 0 Å². The molecule has 0 radical (unpaired) electrons. The van der Waals surface area contributed by atoms with Crippen LogP contribution >= 0.6 is 22.2 Å². The van der Waals surface area contributed by atoms with E-state index in [2.05, 4.69) is 26.9 Å². The second kappa shape index (κ2) is 24.4. The quantitative estimate of drug-likeness (QED) is 0.0541. The van der Waals surface area contributed by atoms with Crippen molar-refractivity contribution in [3.05, 3.63) is 0 Å². The summed E-state index contributed by atoms with van der Waals surface area (Å²) in [5, 5.41) is 0. The van der Waals surface area contributed by atoms with Gasteiger partial charge in [-0.2, -0.15) is 22.2 Å². The molecule has 0 spiro atoms. The molecule has 0 saturated carbocycles. The fraction of sp³-hybridized carbons (Fsp3) is 1.00. The molecule has 4 heteroatoms. The number of hydrogen-bond donors (Lipinski definition) is 0. The Bertz CT molecular complexity index is 413. The molecule has 0 fully saturated rings. The molecule has 0 aromatic carbocycles. The van der Waals surface area contributed by atoms with Gasteiger partial charge in [-0.1, -0.05) is 168 Å². The molecule has 0 heterocycles. The van der Waals surface area contributed by atoms with Crippen molar-refractivity contribution in [2.24, 2.45) is 0 Å². The van der Waals surface area contributed by atoms with Gasteiger partial charge in [-0.25, -0.2) is 0 Å². The highest BCUT2D eigenvalue weighted by atomic mass is 35.6. The van der Waals surface area contributed by atoms with Crippen LogP contribution in [0.1, 0.15) is 155 Å². The summed E-state index contributed by atoms with van der Waals surface area (Å²) >= 11 is 14.0. The number of unbranched alkanes of at least 4 members (excludes halogenated alkanes) is 20. The summed E-state index contributed by atoms with van der Waals surface area (Å²) in [5.74, 6) is 0. The summed E-state index contributed by atoms with van der Waals surface area (Å²) in [6.07, 6.45) is 31.3. The first-order valence-electron chi connectivity index (χ1n) is 15.7. The SMILES string of the molecule is CCCCCCCCCCCCCCCCCC[Si](C)(Cl)CC[Si](C)(Cl)CCCCCCCC. The Morgan fingerprint density at radius 1 is 0.324 bits per heavy atom. The molecule has 0 rings (SSSR count). The van der Waals surface area contributed by atoms with Crippen molar-refractivity contribution in [2.75, 3.05) is 0 Å². The monoisotopic (exact) mass is 550 g/mol. The van der Waals surface area contributed by atoms with Crippen LogP contribution in [0.2, 0.25) is 37.3 Å². The van der Waals surface area contributed by atoms with Gasteiger partial charge in [-0.05, 0) is 24.2 Å². The summed E-state index contributed by atoms with van der Waals surface area (Å²) in [4.78, 5) is 0. The van der Waals surface area contributed by atoms with Gasteiger partial charge in [0.2, 0.25) is 0 Å². The molecule has 34 heavy (non-hydrogen) atoms. The lowest BCUT2D eigenvalue weighted by Crippen LogP contribution is -2.29. The first kappa shape index (κ1) is 35.0. The molecule has 206 valence electrons. The largest absolute Gasteiger partial charge is 0.167 e. The topological polar surface area (TPSA) is 0 Å². The van der Waals surface area contributed by atoms with Gasteiger partial charge in [-0.15, -0.1) is 0 Å². The highest BCUT2D eigenvalue weighted by molar-refractivity contribution is 7.23. The van der Waals surface area contributed by atoms with E-state index < -0.39 is 14.8 Å². The lowest BCUT2D eigenvalue weighted by Gasteiger charge is -2.25. The predicted octanol–water partition coefficient (Wildman–Crippen LogP) is 13.2. The number of hydrogen-bond acceptors (Lipinski definition) is 0. The first-order chi connectivity index (χ1) is 16.3. The highest BCUT2D eigenvalue weighted by Gasteiger charge is 2.30. The molecule has 2 atom stereocenters. The standard InChI is InChI=1S/C30H64Cl2Si2/c1-5-7-9-11-13-14-15-16-17-18-19-20-21-22-24-26-28-34(4,32)30-29-33(3,31)27-25-23-12-10-8-6-2/h5-30H2,1-4H3. The third kappa shape index (κ3) is 26.1. The molecule has 0 aliphatic rings.